The van der Waals surface area contributed by atoms with Gasteiger partial charge in [-0.1, -0.05) is 23.7 Å². The summed E-state index contributed by atoms with van der Waals surface area (Å²) in [7, 11) is 0. The number of benzene rings is 1. The van der Waals surface area contributed by atoms with Crippen molar-refractivity contribution in [3.63, 3.8) is 0 Å². The molecule has 0 aliphatic carbocycles. The molecule has 0 unspecified atom stereocenters. The van der Waals surface area contributed by atoms with E-state index in [2.05, 4.69) is 10.3 Å². The van der Waals surface area contributed by atoms with Crippen molar-refractivity contribution in [1.29, 1.82) is 0 Å². The first-order valence-corrected chi connectivity index (χ1v) is 7.39. The van der Waals surface area contributed by atoms with E-state index in [1.807, 2.05) is 0 Å². The summed E-state index contributed by atoms with van der Waals surface area (Å²) in [5.41, 5.74) is 0.0362. The van der Waals surface area contributed by atoms with E-state index in [0.717, 1.165) is 0 Å². The number of amides is 1. The Kier molecular flexibility index (Phi) is 5.01. The van der Waals surface area contributed by atoms with Crippen molar-refractivity contribution in [2.45, 2.75) is 26.4 Å². The number of anilines is 1. The molecule has 2 rings (SSSR count). The quantitative estimate of drug-likeness (QED) is 0.850. The van der Waals surface area contributed by atoms with Crippen LogP contribution >= 0.6 is 11.6 Å². The topological polar surface area (TPSA) is 68.3 Å². The third-order valence-electron chi connectivity index (χ3n) is 2.76. The van der Waals surface area contributed by atoms with Crippen molar-refractivity contribution < 1.29 is 14.3 Å². The minimum absolute atomic E-state index is 0.145. The number of nitrogens with zero attached hydrogens (tertiary/aromatic N) is 1. The summed E-state index contributed by atoms with van der Waals surface area (Å²) >= 11 is 5.92. The molecule has 1 aromatic carbocycles. The number of ketones is 1. The molecule has 0 aliphatic rings. The number of ether oxygens (including phenoxy) is 1. The third kappa shape index (κ3) is 4.79. The molecule has 0 spiro atoms. The molecule has 0 saturated carbocycles. The Morgan fingerprint density at radius 1 is 1.17 bits per heavy atom. The molecule has 0 radical (unpaired) electrons. The number of nitrogens with one attached hydrogen (secondary N) is 1. The van der Waals surface area contributed by atoms with Crippen molar-refractivity contribution in [3.8, 4) is 0 Å². The summed E-state index contributed by atoms with van der Waals surface area (Å²) in [5, 5.41) is 2.97. The van der Waals surface area contributed by atoms with E-state index in [9.17, 15) is 9.59 Å². The summed E-state index contributed by atoms with van der Waals surface area (Å²) in [5.74, 6) is -0.140. The van der Waals surface area contributed by atoms with Crippen LogP contribution in [0.5, 0.6) is 0 Å². The van der Waals surface area contributed by atoms with Gasteiger partial charge in [-0.2, -0.15) is 0 Å². The molecule has 1 amide bonds. The Labute approximate surface area is 139 Å². The predicted octanol–water partition coefficient (Wildman–Crippen LogP) is 4.31. The first-order valence-electron chi connectivity index (χ1n) is 7.01. The lowest BCUT2D eigenvalue weighted by atomic mass is 10.0. The highest BCUT2D eigenvalue weighted by Gasteiger charge is 2.20. The largest absolute Gasteiger partial charge is 0.444 e. The second-order valence-electron chi connectivity index (χ2n) is 5.87. The molecule has 0 saturated heterocycles. The van der Waals surface area contributed by atoms with E-state index >= 15 is 0 Å². The van der Waals surface area contributed by atoms with Crippen LogP contribution in [0.25, 0.3) is 0 Å². The normalized spacial score (nSPS) is 11.0. The number of carbonyl (C=O) groups is 2. The van der Waals surface area contributed by atoms with Crippen LogP contribution in [-0.2, 0) is 4.74 Å². The van der Waals surface area contributed by atoms with Gasteiger partial charge in [-0.3, -0.25) is 10.1 Å². The van der Waals surface area contributed by atoms with E-state index in [1.54, 1.807) is 57.2 Å². The maximum atomic E-state index is 12.6. The smallest absolute Gasteiger partial charge is 0.413 e. The lowest BCUT2D eigenvalue weighted by Gasteiger charge is -2.20. The molecule has 0 fully saturated rings. The van der Waals surface area contributed by atoms with Gasteiger partial charge in [0.2, 0.25) is 0 Å². The average molecular weight is 333 g/mol. The van der Waals surface area contributed by atoms with Crippen LogP contribution in [-0.4, -0.2) is 22.5 Å². The summed E-state index contributed by atoms with van der Waals surface area (Å²) in [6.07, 6.45) is 0.818. The van der Waals surface area contributed by atoms with Gasteiger partial charge in [-0.05, 0) is 45.0 Å². The molecule has 1 heterocycles. The van der Waals surface area contributed by atoms with Crippen LogP contribution < -0.4 is 5.32 Å². The average Bonchev–Trinajstić information content (AvgIpc) is 2.45. The molecule has 0 bridgehead atoms. The fourth-order valence-electron chi connectivity index (χ4n) is 1.87. The van der Waals surface area contributed by atoms with E-state index in [4.69, 9.17) is 16.3 Å². The standard InChI is InChI=1S/C17H17ClN2O3/c1-17(2,3)23-16(22)20-15-13(8-5-9-19-15)14(21)11-6-4-7-12(18)10-11/h4-10H,1-3H3,(H,19,20,22). The Bertz CT molecular complexity index is 739. The van der Waals surface area contributed by atoms with Crippen molar-refractivity contribution >= 4 is 29.3 Å². The monoisotopic (exact) mass is 332 g/mol. The van der Waals surface area contributed by atoms with Crippen LogP contribution in [0.3, 0.4) is 0 Å². The second kappa shape index (κ2) is 6.79. The first kappa shape index (κ1) is 17.0. The molecule has 2 aromatic rings. The maximum absolute atomic E-state index is 12.6. The zero-order valence-corrected chi connectivity index (χ0v) is 13.8. The molecule has 120 valence electrons. The zero-order valence-electron chi connectivity index (χ0n) is 13.1. The predicted molar refractivity (Wildman–Crippen MR) is 89.0 cm³/mol. The van der Waals surface area contributed by atoms with Crippen LogP contribution in [0.2, 0.25) is 5.02 Å². The van der Waals surface area contributed by atoms with E-state index < -0.39 is 11.7 Å². The Hall–Kier alpha value is -2.40. The first-order chi connectivity index (χ1) is 10.8. The molecular weight excluding hydrogens is 316 g/mol. The van der Waals surface area contributed by atoms with Crippen molar-refractivity contribution in [2.75, 3.05) is 5.32 Å². The van der Waals surface area contributed by atoms with Gasteiger partial charge in [-0.25, -0.2) is 9.78 Å². The van der Waals surface area contributed by atoms with Gasteiger partial charge in [0.05, 0.1) is 5.56 Å². The number of rotatable bonds is 3. The second-order valence-corrected chi connectivity index (χ2v) is 6.30. The number of pyridine rings is 1. The van der Waals surface area contributed by atoms with E-state index in [1.165, 1.54) is 6.20 Å². The van der Waals surface area contributed by atoms with Gasteiger partial charge in [0.25, 0.3) is 0 Å². The van der Waals surface area contributed by atoms with Crippen molar-refractivity contribution in [3.05, 3.63) is 58.7 Å². The minimum Gasteiger partial charge on any atom is -0.444 e. The molecule has 1 N–H and O–H groups in total. The summed E-state index contributed by atoms with van der Waals surface area (Å²) in [6.45, 7) is 5.26. The molecule has 5 nitrogen and oxygen atoms in total. The summed E-state index contributed by atoms with van der Waals surface area (Å²) in [4.78, 5) is 28.5. The Morgan fingerprint density at radius 3 is 2.57 bits per heavy atom. The van der Waals surface area contributed by atoms with Crippen molar-refractivity contribution in [1.82, 2.24) is 4.98 Å². The zero-order chi connectivity index (χ0) is 17.0. The minimum atomic E-state index is -0.670. The van der Waals surface area contributed by atoms with E-state index in [-0.39, 0.29) is 17.2 Å². The van der Waals surface area contributed by atoms with Gasteiger partial charge in [0, 0.05) is 16.8 Å². The van der Waals surface area contributed by atoms with Gasteiger partial charge in [0.1, 0.15) is 11.4 Å². The van der Waals surface area contributed by atoms with E-state index in [0.29, 0.717) is 10.6 Å². The molecule has 6 heteroatoms. The SMILES string of the molecule is CC(C)(C)OC(=O)Nc1ncccc1C(=O)c1cccc(Cl)c1. The molecular formula is C17H17ClN2O3. The van der Waals surface area contributed by atoms with Gasteiger partial charge < -0.3 is 4.74 Å². The molecule has 1 aromatic heterocycles. The van der Waals surface area contributed by atoms with Crippen LogP contribution in [0.4, 0.5) is 10.6 Å². The molecule has 0 atom stereocenters. The number of aromatic nitrogens is 1. The third-order valence-corrected chi connectivity index (χ3v) is 2.99. The highest BCUT2D eigenvalue weighted by Crippen LogP contribution is 2.20. The Balaban J connectivity index is 2.27. The van der Waals surface area contributed by atoms with Crippen molar-refractivity contribution in [2.24, 2.45) is 0 Å². The summed E-state index contributed by atoms with van der Waals surface area (Å²) in [6, 6.07) is 9.79. The maximum Gasteiger partial charge on any atom is 0.413 e. The van der Waals surface area contributed by atoms with Gasteiger partial charge in [0.15, 0.2) is 5.78 Å². The van der Waals surface area contributed by atoms with Crippen LogP contribution in [0.1, 0.15) is 36.7 Å². The highest BCUT2D eigenvalue weighted by atomic mass is 35.5. The summed E-state index contributed by atoms with van der Waals surface area (Å²) < 4.78 is 5.18. The number of hydrogen-bond acceptors (Lipinski definition) is 4. The van der Waals surface area contributed by atoms with Gasteiger partial charge >= 0.3 is 6.09 Å². The van der Waals surface area contributed by atoms with Gasteiger partial charge in [-0.15, -0.1) is 0 Å². The fourth-order valence-corrected chi connectivity index (χ4v) is 2.06. The van der Waals surface area contributed by atoms with Crippen LogP contribution in [0, 0.1) is 0 Å². The number of carbonyl (C=O) groups excluding carboxylic acids is 2. The fraction of sp³-hybridized carbons (Fsp3) is 0.235. The Morgan fingerprint density at radius 2 is 1.91 bits per heavy atom. The van der Waals surface area contributed by atoms with Crippen LogP contribution in [0.15, 0.2) is 42.6 Å². The molecule has 23 heavy (non-hydrogen) atoms. The molecule has 0 aliphatic heterocycles. The lowest BCUT2D eigenvalue weighted by Crippen LogP contribution is -2.28. The number of hydrogen-bond donors (Lipinski definition) is 1. The number of halogens is 1. The highest BCUT2D eigenvalue weighted by molar-refractivity contribution is 6.31. The lowest BCUT2D eigenvalue weighted by molar-refractivity contribution is 0.0635.